The van der Waals surface area contributed by atoms with Crippen LogP contribution in [-0.2, 0) is 4.79 Å². The number of unbranched alkanes of at least 4 members (excludes halogenated alkanes) is 1. The molecular weight excluding hydrogens is 256 g/mol. The molecule has 0 aromatic carbocycles. The Kier molecular flexibility index (Phi) is 6.82. The second kappa shape index (κ2) is 8.12. The van der Waals surface area contributed by atoms with E-state index < -0.39 is 11.5 Å². The van der Waals surface area contributed by atoms with Gasteiger partial charge in [-0.15, -0.1) is 0 Å². The Hall–Kier alpha value is -1.26. The van der Waals surface area contributed by atoms with Crippen molar-refractivity contribution in [2.45, 2.75) is 70.8 Å². The van der Waals surface area contributed by atoms with Gasteiger partial charge in [-0.25, -0.2) is 9.59 Å². The van der Waals surface area contributed by atoms with E-state index in [9.17, 15) is 14.7 Å². The van der Waals surface area contributed by atoms with Gasteiger partial charge < -0.3 is 15.7 Å². The summed E-state index contributed by atoms with van der Waals surface area (Å²) in [5, 5.41) is 14.8. The van der Waals surface area contributed by atoms with Gasteiger partial charge in [-0.3, -0.25) is 0 Å². The van der Waals surface area contributed by atoms with E-state index in [1.165, 1.54) is 0 Å². The van der Waals surface area contributed by atoms with Crippen LogP contribution in [0.2, 0.25) is 0 Å². The Bertz CT molecular complexity index is 323. The summed E-state index contributed by atoms with van der Waals surface area (Å²) >= 11 is 0. The van der Waals surface area contributed by atoms with Gasteiger partial charge in [-0.05, 0) is 25.2 Å². The normalized spacial score (nSPS) is 17.8. The smallest absolute Gasteiger partial charge is 0.329 e. The highest BCUT2D eigenvalue weighted by molar-refractivity contribution is 5.86. The Morgan fingerprint density at radius 1 is 1.15 bits per heavy atom. The van der Waals surface area contributed by atoms with E-state index in [-0.39, 0.29) is 6.03 Å². The minimum absolute atomic E-state index is 0.348. The van der Waals surface area contributed by atoms with Gasteiger partial charge in [0.25, 0.3) is 0 Å². The van der Waals surface area contributed by atoms with Crippen LogP contribution in [0, 0.1) is 5.92 Å². The maximum absolute atomic E-state index is 11.8. The third-order valence-electron chi connectivity index (χ3n) is 3.96. The van der Waals surface area contributed by atoms with Crippen molar-refractivity contribution in [2.75, 3.05) is 6.54 Å². The third kappa shape index (κ3) is 5.39. The number of hydrogen-bond acceptors (Lipinski definition) is 2. The zero-order valence-corrected chi connectivity index (χ0v) is 12.7. The van der Waals surface area contributed by atoms with Gasteiger partial charge in [-0.2, -0.15) is 0 Å². The fourth-order valence-corrected chi connectivity index (χ4v) is 2.69. The summed E-state index contributed by atoms with van der Waals surface area (Å²) in [5.41, 5.74) is -1.06. The number of carbonyl (C=O) groups is 2. The van der Waals surface area contributed by atoms with Crippen LogP contribution >= 0.6 is 0 Å². The van der Waals surface area contributed by atoms with E-state index in [0.717, 1.165) is 38.5 Å². The number of carboxylic acid groups (broad SMARTS) is 1. The predicted octanol–water partition coefficient (Wildman–Crippen LogP) is 2.90. The molecule has 0 heterocycles. The van der Waals surface area contributed by atoms with E-state index in [0.29, 0.717) is 25.3 Å². The summed E-state index contributed by atoms with van der Waals surface area (Å²) in [5.74, 6) is -0.228. The molecule has 1 aliphatic carbocycles. The fraction of sp³-hybridized carbons (Fsp3) is 0.867. The molecular formula is C15H28N2O3. The largest absolute Gasteiger partial charge is 0.480 e. The number of hydrogen-bond donors (Lipinski definition) is 3. The number of carboxylic acids is 1. The highest BCUT2D eigenvalue weighted by atomic mass is 16.4. The van der Waals surface area contributed by atoms with Crippen molar-refractivity contribution in [1.29, 1.82) is 0 Å². The zero-order valence-electron chi connectivity index (χ0n) is 12.7. The van der Waals surface area contributed by atoms with Gasteiger partial charge in [0.05, 0.1) is 0 Å². The van der Waals surface area contributed by atoms with Crippen molar-refractivity contribution >= 4 is 12.0 Å². The molecule has 0 spiro atoms. The van der Waals surface area contributed by atoms with Gasteiger partial charge >= 0.3 is 12.0 Å². The van der Waals surface area contributed by atoms with Crippen LogP contribution in [0.25, 0.3) is 0 Å². The maximum atomic E-state index is 11.8. The first-order valence-corrected chi connectivity index (χ1v) is 7.76. The van der Waals surface area contributed by atoms with Gasteiger partial charge in [0.2, 0.25) is 0 Å². The average molecular weight is 284 g/mol. The highest BCUT2D eigenvalue weighted by Gasteiger charge is 2.40. The minimum atomic E-state index is -1.06. The summed E-state index contributed by atoms with van der Waals surface area (Å²) in [4.78, 5) is 23.3. The number of aliphatic carboxylic acids is 1. The van der Waals surface area contributed by atoms with Crippen LogP contribution in [0.4, 0.5) is 4.79 Å². The van der Waals surface area contributed by atoms with Gasteiger partial charge in [0.15, 0.2) is 0 Å². The molecule has 20 heavy (non-hydrogen) atoms. The Morgan fingerprint density at radius 3 is 2.35 bits per heavy atom. The average Bonchev–Trinajstić information content (AvgIpc) is 2.38. The molecule has 0 saturated heterocycles. The van der Waals surface area contributed by atoms with E-state index in [2.05, 4.69) is 24.5 Å². The quantitative estimate of drug-likeness (QED) is 0.629. The first-order valence-electron chi connectivity index (χ1n) is 7.76. The lowest BCUT2D eigenvalue weighted by Gasteiger charge is -2.33. The molecule has 0 aliphatic heterocycles. The molecule has 1 aliphatic rings. The van der Waals surface area contributed by atoms with Crippen LogP contribution in [0.15, 0.2) is 0 Å². The first kappa shape index (κ1) is 16.8. The number of urea groups is 1. The first-order chi connectivity index (χ1) is 9.46. The molecule has 0 bridgehead atoms. The molecule has 1 saturated carbocycles. The number of amides is 2. The second-order valence-corrected chi connectivity index (χ2v) is 6.22. The number of carbonyl (C=O) groups excluding carboxylic acids is 1. The summed E-state index contributed by atoms with van der Waals surface area (Å²) in [7, 11) is 0. The second-order valence-electron chi connectivity index (χ2n) is 6.22. The zero-order chi connectivity index (χ0) is 15.0. The van der Waals surface area contributed by atoms with Crippen LogP contribution in [0.5, 0.6) is 0 Å². The van der Waals surface area contributed by atoms with Crippen LogP contribution in [-0.4, -0.2) is 29.2 Å². The summed E-state index contributed by atoms with van der Waals surface area (Å²) in [6.07, 6.45) is 7.01. The van der Waals surface area contributed by atoms with E-state index in [4.69, 9.17) is 0 Å². The third-order valence-corrected chi connectivity index (χ3v) is 3.96. The lowest BCUT2D eigenvalue weighted by atomic mass is 9.82. The molecule has 0 aromatic heterocycles. The van der Waals surface area contributed by atoms with Crippen molar-refractivity contribution in [3.8, 4) is 0 Å². The molecule has 5 heteroatoms. The Balaban J connectivity index is 2.30. The minimum Gasteiger partial charge on any atom is -0.480 e. The van der Waals surface area contributed by atoms with Crippen molar-refractivity contribution in [2.24, 2.45) is 5.92 Å². The van der Waals surface area contributed by atoms with E-state index >= 15 is 0 Å². The molecule has 0 unspecified atom stereocenters. The van der Waals surface area contributed by atoms with Gasteiger partial charge in [-0.1, -0.05) is 46.0 Å². The lowest BCUT2D eigenvalue weighted by molar-refractivity contribution is -0.145. The molecule has 1 fully saturated rings. The molecule has 0 radical (unpaired) electrons. The van der Waals surface area contributed by atoms with Crippen molar-refractivity contribution < 1.29 is 14.7 Å². The topological polar surface area (TPSA) is 78.4 Å². The standard InChI is InChI=1S/C15H28N2O3/c1-12(2)8-4-7-11-16-14(20)17-15(13(18)19)9-5-3-6-10-15/h12H,3-11H2,1-2H3,(H,18,19)(H2,16,17,20). The van der Waals surface area contributed by atoms with Gasteiger partial charge in [0.1, 0.15) is 5.54 Å². The van der Waals surface area contributed by atoms with Crippen LogP contribution in [0.1, 0.15) is 65.2 Å². The monoisotopic (exact) mass is 284 g/mol. The maximum Gasteiger partial charge on any atom is 0.329 e. The Morgan fingerprint density at radius 2 is 1.80 bits per heavy atom. The number of rotatable bonds is 7. The lowest BCUT2D eigenvalue weighted by Crippen LogP contribution is -2.58. The molecule has 0 aromatic rings. The van der Waals surface area contributed by atoms with Crippen molar-refractivity contribution in [3.63, 3.8) is 0 Å². The molecule has 2 amide bonds. The molecule has 1 rings (SSSR count). The Labute approximate surface area is 121 Å². The predicted molar refractivity (Wildman–Crippen MR) is 78.7 cm³/mol. The van der Waals surface area contributed by atoms with E-state index in [1.54, 1.807) is 0 Å². The SMILES string of the molecule is CC(C)CCCCNC(=O)NC1(C(=O)O)CCCCC1. The van der Waals surface area contributed by atoms with Crippen LogP contribution in [0.3, 0.4) is 0 Å². The number of nitrogens with one attached hydrogen (secondary N) is 2. The summed E-state index contributed by atoms with van der Waals surface area (Å²) in [6, 6.07) is -0.348. The van der Waals surface area contributed by atoms with E-state index in [1.807, 2.05) is 0 Å². The van der Waals surface area contributed by atoms with Gasteiger partial charge in [0, 0.05) is 6.54 Å². The fourth-order valence-electron chi connectivity index (χ4n) is 2.69. The molecule has 5 nitrogen and oxygen atoms in total. The molecule has 3 N–H and O–H groups in total. The summed E-state index contributed by atoms with van der Waals surface area (Å²) < 4.78 is 0. The molecule has 116 valence electrons. The van der Waals surface area contributed by atoms with Crippen LogP contribution < -0.4 is 10.6 Å². The molecule has 0 atom stereocenters. The van der Waals surface area contributed by atoms with Crippen molar-refractivity contribution in [1.82, 2.24) is 10.6 Å². The van der Waals surface area contributed by atoms with Crippen molar-refractivity contribution in [3.05, 3.63) is 0 Å². The highest BCUT2D eigenvalue weighted by Crippen LogP contribution is 2.28. The summed E-state index contributed by atoms with van der Waals surface area (Å²) in [6.45, 7) is 4.97.